The van der Waals surface area contributed by atoms with Gasteiger partial charge in [0.25, 0.3) is 5.78 Å². The maximum Gasteiger partial charge on any atom is 0.377 e. The molecule has 1 heterocycles. The number of benzene rings is 1. The van der Waals surface area contributed by atoms with Gasteiger partial charge in [-0.2, -0.15) is 0 Å². The number of ketones is 1. The predicted octanol–water partition coefficient (Wildman–Crippen LogP) is 2.98. The minimum Gasteiger partial charge on any atom is -0.475 e. The summed E-state index contributed by atoms with van der Waals surface area (Å²) in [5.41, 5.74) is 4.99. The summed E-state index contributed by atoms with van der Waals surface area (Å²) in [6.07, 6.45) is 0. The lowest BCUT2D eigenvalue weighted by Gasteiger charge is -2.14. The quantitative estimate of drug-likeness (QED) is 0.689. The molecular weight excluding hydrogens is 254 g/mol. The molecule has 0 aliphatic heterocycles. The van der Waals surface area contributed by atoms with E-state index in [1.54, 1.807) is 13.0 Å². The number of hydrogen-bond donors (Lipinski definition) is 1. The number of carboxylic acid groups (broad SMARTS) is 1. The Morgan fingerprint density at radius 1 is 1.10 bits per heavy atom. The first-order valence-corrected chi connectivity index (χ1v) is 6.37. The molecule has 0 bridgehead atoms. The molecule has 2 rings (SSSR count). The van der Waals surface area contributed by atoms with Gasteiger partial charge in [-0.1, -0.05) is 12.1 Å². The Morgan fingerprint density at radius 2 is 1.75 bits per heavy atom. The fourth-order valence-electron chi connectivity index (χ4n) is 2.46. The van der Waals surface area contributed by atoms with Crippen molar-refractivity contribution < 1.29 is 14.7 Å². The van der Waals surface area contributed by atoms with E-state index in [9.17, 15) is 9.59 Å². The maximum atomic E-state index is 11.7. The number of Topliss-reactive ketones (excluding diaryl/α,β-unsaturated/α-hetero) is 1. The van der Waals surface area contributed by atoms with Crippen LogP contribution in [0.5, 0.6) is 0 Å². The standard InChI is InChI=1S/C16H17NO3/c1-9-6-5-7-14(11(9)3)17-10(2)8-13(12(17)4)15(18)16(19)20/h5-8H,1-4H3,(H,19,20). The van der Waals surface area contributed by atoms with Crippen LogP contribution in [0.2, 0.25) is 0 Å². The van der Waals surface area contributed by atoms with Crippen molar-refractivity contribution in [2.75, 3.05) is 0 Å². The van der Waals surface area contributed by atoms with Gasteiger partial charge in [-0.25, -0.2) is 4.79 Å². The topological polar surface area (TPSA) is 59.3 Å². The Labute approximate surface area is 117 Å². The van der Waals surface area contributed by atoms with E-state index in [2.05, 4.69) is 0 Å². The lowest BCUT2D eigenvalue weighted by molar-refractivity contribution is -0.131. The molecule has 0 fully saturated rings. The third-order valence-corrected chi connectivity index (χ3v) is 3.69. The molecule has 0 aliphatic carbocycles. The first kappa shape index (κ1) is 14.1. The van der Waals surface area contributed by atoms with Crippen LogP contribution in [0.3, 0.4) is 0 Å². The van der Waals surface area contributed by atoms with Crippen LogP contribution in [-0.2, 0) is 4.79 Å². The summed E-state index contributed by atoms with van der Waals surface area (Å²) >= 11 is 0. The molecule has 4 nitrogen and oxygen atoms in total. The van der Waals surface area contributed by atoms with Gasteiger partial charge in [0.1, 0.15) is 0 Å². The fourth-order valence-corrected chi connectivity index (χ4v) is 2.46. The summed E-state index contributed by atoms with van der Waals surface area (Å²) in [5.74, 6) is -2.29. The van der Waals surface area contributed by atoms with Crippen molar-refractivity contribution in [2.24, 2.45) is 0 Å². The van der Waals surface area contributed by atoms with Crippen LogP contribution in [0.25, 0.3) is 5.69 Å². The molecule has 20 heavy (non-hydrogen) atoms. The zero-order chi connectivity index (χ0) is 15.0. The smallest absolute Gasteiger partial charge is 0.377 e. The molecular formula is C16H17NO3. The van der Waals surface area contributed by atoms with E-state index in [0.717, 1.165) is 22.5 Å². The molecule has 0 unspecified atom stereocenters. The van der Waals surface area contributed by atoms with E-state index in [1.807, 2.05) is 43.5 Å². The summed E-state index contributed by atoms with van der Waals surface area (Å²) in [5, 5.41) is 8.87. The van der Waals surface area contributed by atoms with E-state index in [0.29, 0.717) is 5.69 Å². The second kappa shape index (κ2) is 4.96. The third kappa shape index (κ3) is 2.13. The predicted molar refractivity (Wildman–Crippen MR) is 76.7 cm³/mol. The number of carbonyl (C=O) groups is 2. The maximum absolute atomic E-state index is 11.7. The van der Waals surface area contributed by atoms with Gasteiger partial charge >= 0.3 is 5.97 Å². The number of rotatable bonds is 3. The SMILES string of the molecule is Cc1cccc(-n2c(C)cc(C(=O)C(=O)O)c2C)c1C. The Morgan fingerprint density at radius 3 is 2.35 bits per heavy atom. The zero-order valence-corrected chi connectivity index (χ0v) is 12.0. The lowest BCUT2D eigenvalue weighted by Crippen LogP contribution is -2.13. The molecule has 4 heteroatoms. The Balaban J connectivity index is 2.68. The minimum atomic E-state index is -1.42. The number of aromatic nitrogens is 1. The number of carbonyl (C=O) groups excluding carboxylic acids is 1. The minimum absolute atomic E-state index is 0.246. The van der Waals surface area contributed by atoms with E-state index in [1.165, 1.54) is 0 Å². The molecule has 0 atom stereocenters. The van der Waals surface area contributed by atoms with Crippen molar-refractivity contribution in [3.8, 4) is 5.69 Å². The highest BCUT2D eigenvalue weighted by atomic mass is 16.4. The summed E-state index contributed by atoms with van der Waals surface area (Å²) < 4.78 is 1.93. The van der Waals surface area contributed by atoms with Crippen molar-refractivity contribution in [2.45, 2.75) is 27.7 Å². The van der Waals surface area contributed by atoms with Gasteiger partial charge in [-0.3, -0.25) is 4.79 Å². The molecule has 0 saturated carbocycles. The van der Waals surface area contributed by atoms with E-state index in [-0.39, 0.29) is 5.56 Å². The van der Waals surface area contributed by atoms with Crippen LogP contribution >= 0.6 is 0 Å². The fraction of sp³-hybridized carbons (Fsp3) is 0.250. The van der Waals surface area contributed by atoms with Crippen molar-refractivity contribution in [1.82, 2.24) is 4.57 Å². The Hall–Kier alpha value is -2.36. The van der Waals surface area contributed by atoms with Crippen LogP contribution in [0, 0.1) is 27.7 Å². The molecule has 0 radical (unpaired) electrons. The first-order chi connectivity index (χ1) is 9.34. The number of nitrogens with zero attached hydrogens (tertiary/aromatic N) is 1. The highest BCUT2D eigenvalue weighted by Crippen LogP contribution is 2.25. The van der Waals surface area contributed by atoms with Crippen molar-refractivity contribution >= 4 is 11.8 Å². The van der Waals surface area contributed by atoms with Gasteiger partial charge in [-0.15, -0.1) is 0 Å². The monoisotopic (exact) mass is 271 g/mol. The van der Waals surface area contributed by atoms with Gasteiger partial charge < -0.3 is 9.67 Å². The Bertz CT molecular complexity index is 711. The zero-order valence-electron chi connectivity index (χ0n) is 12.0. The molecule has 1 N–H and O–H groups in total. The molecule has 2 aromatic rings. The summed E-state index contributed by atoms with van der Waals surface area (Å²) in [4.78, 5) is 22.6. The molecule has 0 amide bonds. The highest BCUT2D eigenvalue weighted by Gasteiger charge is 2.22. The second-order valence-electron chi connectivity index (χ2n) is 4.97. The van der Waals surface area contributed by atoms with Crippen LogP contribution in [-0.4, -0.2) is 21.4 Å². The summed E-state index contributed by atoms with van der Waals surface area (Å²) in [6.45, 7) is 7.68. The number of hydrogen-bond acceptors (Lipinski definition) is 2. The van der Waals surface area contributed by atoms with Gasteiger partial charge in [-0.05, 0) is 51.0 Å². The average Bonchev–Trinajstić information content (AvgIpc) is 2.68. The molecule has 0 aliphatic rings. The van der Waals surface area contributed by atoms with E-state index in [4.69, 9.17) is 5.11 Å². The molecule has 0 saturated heterocycles. The Kier molecular flexibility index (Phi) is 3.49. The highest BCUT2D eigenvalue weighted by molar-refractivity contribution is 6.40. The van der Waals surface area contributed by atoms with Crippen LogP contribution in [0.15, 0.2) is 24.3 Å². The van der Waals surface area contributed by atoms with Crippen molar-refractivity contribution in [3.05, 3.63) is 52.3 Å². The average molecular weight is 271 g/mol. The van der Waals surface area contributed by atoms with Crippen LogP contribution < -0.4 is 0 Å². The number of carboxylic acids is 1. The molecule has 1 aromatic carbocycles. The van der Waals surface area contributed by atoms with Crippen LogP contribution in [0.1, 0.15) is 32.9 Å². The van der Waals surface area contributed by atoms with Gasteiger partial charge in [0, 0.05) is 17.1 Å². The molecule has 104 valence electrons. The molecule has 0 spiro atoms. The largest absolute Gasteiger partial charge is 0.475 e. The van der Waals surface area contributed by atoms with Crippen molar-refractivity contribution in [1.29, 1.82) is 0 Å². The number of aryl methyl sites for hydroxylation is 2. The number of aliphatic carboxylic acids is 1. The lowest BCUT2D eigenvalue weighted by atomic mass is 10.1. The summed E-state index contributed by atoms with van der Waals surface area (Å²) in [7, 11) is 0. The van der Waals surface area contributed by atoms with E-state index >= 15 is 0 Å². The van der Waals surface area contributed by atoms with Gasteiger partial charge in [0.15, 0.2) is 0 Å². The van der Waals surface area contributed by atoms with Crippen molar-refractivity contribution in [3.63, 3.8) is 0 Å². The third-order valence-electron chi connectivity index (χ3n) is 3.69. The normalized spacial score (nSPS) is 10.6. The second-order valence-corrected chi connectivity index (χ2v) is 4.97. The first-order valence-electron chi connectivity index (χ1n) is 6.37. The summed E-state index contributed by atoms with van der Waals surface area (Å²) in [6, 6.07) is 7.58. The van der Waals surface area contributed by atoms with Crippen LogP contribution in [0.4, 0.5) is 0 Å². The van der Waals surface area contributed by atoms with Gasteiger partial charge in [0.2, 0.25) is 0 Å². The molecule has 1 aromatic heterocycles. The van der Waals surface area contributed by atoms with E-state index < -0.39 is 11.8 Å². The van der Waals surface area contributed by atoms with Gasteiger partial charge in [0.05, 0.1) is 5.56 Å².